The van der Waals surface area contributed by atoms with Gasteiger partial charge < -0.3 is 4.74 Å². The number of urea groups is 1. The molecule has 0 aliphatic carbocycles. The summed E-state index contributed by atoms with van der Waals surface area (Å²) in [5.74, 6) is 0.500. The molecule has 1 aliphatic rings. The number of aryl methyl sites for hydroxylation is 1. The summed E-state index contributed by atoms with van der Waals surface area (Å²) in [5, 5.41) is 0.608. The van der Waals surface area contributed by atoms with E-state index in [2.05, 4.69) is 0 Å². The Morgan fingerprint density at radius 3 is 2.46 bits per heavy atom. The lowest BCUT2D eigenvalue weighted by Gasteiger charge is -2.24. The van der Waals surface area contributed by atoms with Crippen molar-refractivity contribution in [2.45, 2.75) is 26.4 Å². The standard InChI is InChI=1S/C21H24ClN3O3/c1-14-5-8-18(9-6-14)25-15(2)20(26)24(21(25)27)13-23(3)12-16-11-17(22)7-10-19(16)28-4/h5-11,15H,12-13H2,1-4H3/t15-/m0/s1. The molecule has 3 rings (SSSR count). The third-order valence-corrected chi connectivity index (χ3v) is 5.06. The molecule has 0 saturated carbocycles. The zero-order valence-electron chi connectivity index (χ0n) is 16.5. The number of ether oxygens (including phenoxy) is 1. The first-order valence-corrected chi connectivity index (χ1v) is 9.42. The van der Waals surface area contributed by atoms with Crippen molar-refractivity contribution < 1.29 is 14.3 Å². The summed E-state index contributed by atoms with van der Waals surface area (Å²) in [5.41, 5.74) is 2.71. The second-order valence-corrected chi connectivity index (χ2v) is 7.48. The number of hydrogen-bond acceptors (Lipinski definition) is 4. The van der Waals surface area contributed by atoms with Gasteiger partial charge >= 0.3 is 6.03 Å². The Hall–Kier alpha value is -2.57. The van der Waals surface area contributed by atoms with Crippen molar-refractivity contribution in [2.24, 2.45) is 0 Å². The molecule has 0 aromatic heterocycles. The molecule has 0 spiro atoms. The molecular weight excluding hydrogens is 378 g/mol. The van der Waals surface area contributed by atoms with Gasteiger partial charge in [-0.25, -0.2) is 9.69 Å². The Morgan fingerprint density at radius 1 is 1.14 bits per heavy atom. The fourth-order valence-corrected chi connectivity index (χ4v) is 3.54. The maximum Gasteiger partial charge on any atom is 0.333 e. The molecule has 1 atom stereocenters. The second kappa shape index (κ2) is 8.20. The zero-order valence-corrected chi connectivity index (χ0v) is 17.2. The zero-order chi connectivity index (χ0) is 20.4. The van der Waals surface area contributed by atoms with Gasteiger partial charge in [0.25, 0.3) is 5.91 Å². The maximum absolute atomic E-state index is 12.9. The van der Waals surface area contributed by atoms with Gasteiger partial charge in [-0.05, 0) is 51.2 Å². The summed E-state index contributed by atoms with van der Waals surface area (Å²) >= 11 is 6.09. The van der Waals surface area contributed by atoms with Crippen LogP contribution in [-0.4, -0.2) is 48.6 Å². The third kappa shape index (κ3) is 3.98. The van der Waals surface area contributed by atoms with Crippen molar-refractivity contribution in [3.63, 3.8) is 0 Å². The quantitative estimate of drug-likeness (QED) is 0.689. The van der Waals surface area contributed by atoms with Gasteiger partial charge in [0.15, 0.2) is 0 Å². The van der Waals surface area contributed by atoms with Gasteiger partial charge in [0.1, 0.15) is 11.8 Å². The Bertz CT molecular complexity index is 885. The van der Waals surface area contributed by atoms with Crippen LogP contribution in [0.15, 0.2) is 42.5 Å². The van der Waals surface area contributed by atoms with Crippen molar-refractivity contribution in [3.8, 4) is 5.75 Å². The predicted octanol–water partition coefficient (Wildman–Crippen LogP) is 3.90. The number of anilines is 1. The number of carbonyl (C=O) groups excluding carboxylic acids is 2. The monoisotopic (exact) mass is 401 g/mol. The van der Waals surface area contributed by atoms with Crippen LogP contribution in [0.3, 0.4) is 0 Å². The summed E-state index contributed by atoms with van der Waals surface area (Å²) in [4.78, 5) is 30.4. The summed E-state index contributed by atoms with van der Waals surface area (Å²) in [6, 6.07) is 12.1. The number of imide groups is 1. The average molecular weight is 402 g/mol. The Kier molecular flexibility index (Phi) is 5.91. The van der Waals surface area contributed by atoms with E-state index >= 15 is 0 Å². The lowest BCUT2D eigenvalue weighted by Crippen LogP contribution is -2.40. The number of amides is 3. The van der Waals surface area contributed by atoms with E-state index in [4.69, 9.17) is 16.3 Å². The van der Waals surface area contributed by atoms with Crippen LogP contribution in [0.5, 0.6) is 5.75 Å². The van der Waals surface area contributed by atoms with E-state index in [1.165, 1.54) is 9.80 Å². The van der Waals surface area contributed by atoms with Gasteiger partial charge in [0.05, 0.1) is 13.8 Å². The number of benzene rings is 2. The third-order valence-electron chi connectivity index (χ3n) is 4.83. The van der Waals surface area contributed by atoms with Gasteiger partial charge in [-0.15, -0.1) is 0 Å². The van der Waals surface area contributed by atoms with Gasteiger partial charge in [-0.2, -0.15) is 0 Å². The molecule has 148 valence electrons. The van der Waals surface area contributed by atoms with Gasteiger partial charge in [0, 0.05) is 22.8 Å². The van der Waals surface area contributed by atoms with Crippen molar-refractivity contribution in [1.82, 2.24) is 9.80 Å². The SMILES string of the molecule is COc1ccc(Cl)cc1CN(C)CN1C(=O)[C@H](C)N(c2ccc(C)cc2)C1=O. The molecule has 28 heavy (non-hydrogen) atoms. The first-order valence-electron chi connectivity index (χ1n) is 9.04. The lowest BCUT2D eigenvalue weighted by molar-refractivity contribution is -0.128. The van der Waals surface area contributed by atoms with E-state index in [1.54, 1.807) is 26.2 Å². The normalized spacial score (nSPS) is 17.0. The highest BCUT2D eigenvalue weighted by molar-refractivity contribution is 6.30. The van der Waals surface area contributed by atoms with Gasteiger partial charge in [0.2, 0.25) is 0 Å². The van der Waals surface area contributed by atoms with E-state index in [1.807, 2.05) is 49.2 Å². The van der Waals surface area contributed by atoms with Crippen LogP contribution in [-0.2, 0) is 11.3 Å². The molecule has 0 N–H and O–H groups in total. The van der Waals surface area contributed by atoms with Crippen LogP contribution in [0, 0.1) is 6.92 Å². The molecule has 6 nitrogen and oxygen atoms in total. The molecule has 0 bridgehead atoms. The molecule has 7 heteroatoms. The Morgan fingerprint density at radius 2 is 1.82 bits per heavy atom. The highest BCUT2D eigenvalue weighted by Crippen LogP contribution is 2.27. The van der Waals surface area contributed by atoms with Gasteiger partial charge in [-0.3, -0.25) is 14.6 Å². The van der Waals surface area contributed by atoms with Crippen LogP contribution >= 0.6 is 11.6 Å². The average Bonchev–Trinajstić information content (AvgIpc) is 2.86. The van der Waals surface area contributed by atoms with Crippen molar-refractivity contribution in [2.75, 3.05) is 25.7 Å². The minimum Gasteiger partial charge on any atom is -0.496 e. The summed E-state index contributed by atoms with van der Waals surface area (Å²) in [7, 11) is 3.45. The largest absolute Gasteiger partial charge is 0.496 e. The Balaban J connectivity index is 1.75. The molecule has 1 heterocycles. The topological polar surface area (TPSA) is 53.1 Å². The smallest absolute Gasteiger partial charge is 0.333 e. The molecule has 2 aromatic carbocycles. The minimum absolute atomic E-state index is 0.181. The first kappa shape index (κ1) is 20.2. The van der Waals surface area contributed by atoms with Crippen molar-refractivity contribution in [3.05, 3.63) is 58.6 Å². The van der Waals surface area contributed by atoms with E-state index in [9.17, 15) is 9.59 Å². The summed E-state index contributed by atoms with van der Waals surface area (Å²) in [6.07, 6.45) is 0. The molecule has 3 amide bonds. The number of hydrogen-bond donors (Lipinski definition) is 0. The van der Waals surface area contributed by atoms with E-state index < -0.39 is 6.04 Å². The summed E-state index contributed by atoms with van der Waals surface area (Å²) in [6.45, 7) is 4.40. The number of nitrogens with zero attached hydrogens (tertiary/aromatic N) is 3. The van der Waals surface area contributed by atoms with E-state index in [0.717, 1.165) is 16.8 Å². The van der Waals surface area contributed by atoms with E-state index in [0.29, 0.717) is 17.3 Å². The number of halogens is 1. The van der Waals surface area contributed by atoms with Crippen LogP contribution in [0.2, 0.25) is 5.02 Å². The fourth-order valence-electron chi connectivity index (χ4n) is 3.35. The fraction of sp³-hybridized carbons (Fsp3) is 0.333. The highest BCUT2D eigenvalue weighted by atomic mass is 35.5. The molecule has 0 unspecified atom stereocenters. The minimum atomic E-state index is -0.538. The second-order valence-electron chi connectivity index (χ2n) is 7.04. The van der Waals surface area contributed by atoms with E-state index in [-0.39, 0.29) is 18.6 Å². The van der Waals surface area contributed by atoms with Crippen LogP contribution < -0.4 is 9.64 Å². The predicted molar refractivity (Wildman–Crippen MR) is 110 cm³/mol. The number of carbonyl (C=O) groups is 2. The number of rotatable bonds is 6. The molecule has 1 saturated heterocycles. The lowest BCUT2D eigenvalue weighted by atomic mass is 10.2. The van der Waals surface area contributed by atoms with Crippen LogP contribution in [0.4, 0.5) is 10.5 Å². The molecule has 1 fully saturated rings. The molecule has 0 radical (unpaired) electrons. The Labute approximate surface area is 170 Å². The maximum atomic E-state index is 12.9. The van der Waals surface area contributed by atoms with Crippen LogP contribution in [0.25, 0.3) is 0 Å². The number of methoxy groups -OCH3 is 1. The summed E-state index contributed by atoms with van der Waals surface area (Å²) < 4.78 is 5.37. The molecule has 2 aromatic rings. The molecular formula is C21H24ClN3O3. The van der Waals surface area contributed by atoms with Crippen LogP contribution in [0.1, 0.15) is 18.1 Å². The van der Waals surface area contributed by atoms with Crippen molar-refractivity contribution in [1.29, 1.82) is 0 Å². The van der Waals surface area contributed by atoms with Gasteiger partial charge in [-0.1, -0.05) is 29.3 Å². The highest BCUT2D eigenvalue weighted by Gasteiger charge is 2.43. The van der Waals surface area contributed by atoms with Crippen molar-refractivity contribution >= 4 is 29.2 Å². The molecule has 1 aliphatic heterocycles. The first-order chi connectivity index (χ1) is 13.3.